The molecule has 2 aliphatic heterocycles. The third kappa shape index (κ3) is 1.25. The molecule has 1 aliphatic carbocycles. The molecule has 0 radical (unpaired) electrons. The minimum Gasteiger partial charge on any atom is -0.380 e. The van der Waals surface area contributed by atoms with Crippen molar-refractivity contribution in [1.82, 2.24) is 4.90 Å². The second-order valence-corrected chi connectivity index (χ2v) is 5.40. The van der Waals surface area contributed by atoms with Gasteiger partial charge in [0.25, 0.3) is 5.91 Å². The van der Waals surface area contributed by atoms with Gasteiger partial charge in [-0.15, -0.1) is 0 Å². The van der Waals surface area contributed by atoms with Gasteiger partial charge in [-0.05, 0) is 38.0 Å². The molecule has 1 amide bonds. The van der Waals surface area contributed by atoms with Crippen LogP contribution >= 0.6 is 0 Å². The molecule has 15 heavy (non-hydrogen) atoms. The van der Waals surface area contributed by atoms with Crippen molar-refractivity contribution in [1.29, 1.82) is 0 Å². The molecule has 3 rings (SSSR count). The maximum atomic E-state index is 12.2. The summed E-state index contributed by atoms with van der Waals surface area (Å²) in [6.07, 6.45) is 7.26. The molecule has 0 aromatic rings. The van der Waals surface area contributed by atoms with Crippen molar-refractivity contribution in [3.05, 3.63) is 0 Å². The summed E-state index contributed by atoms with van der Waals surface area (Å²) in [7, 11) is 0. The first-order valence-electron chi connectivity index (χ1n) is 6.25. The van der Waals surface area contributed by atoms with Gasteiger partial charge in [-0.2, -0.15) is 0 Å². The lowest BCUT2D eigenvalue weighted by Crippen LogP contribution is -2.61. The van der Waals surface area contributed by atoms with E-state index in [1.807, 2.05) is 4.90 Å². The molecule has 3 aliphatic rings. The van der Waals surface area contributed by atoms with Crippen LogP contribution in [0, 0.1) is 5.92 Å². The molecule has 0 unspecified atom stereocenters. The molecule has 0 aromatic heterocycles. The van der Waals surface area contributed by atoms with Crippen LogP contribution in [-0.2, 0) is 4.79 Å². The Morgan fingerprint density at radius 1 is 1.27 bits per heavy atom. The molecule has 3 fully saturated rings. The van der Waals surface area contributed by atoms with E-state index in [0.29, 0.717) is 12.5 Å². The topological polar surface area (TPSA) is 40.5 Å². The lowest BCUT2D eigenvalue weighted by molar-refractivity contribution is -0.172. The van der Waals surface area contributed by atoms with Crippen LogP contribution in [0.25, 0.3) is 0 Å². The highest BCUT2D eigenvalue weighted by Crippen LogP contribution is 2.44. The van der Waals surface area contributed by atoms with Crippen LogP contribution in [0.5, 0.6) is 0 Å². The minimum atomic E-state index is -0.987. The highest BCUT2D eigenvalue weighted by atomic mass is 16.3. The summed E-state index contributed by atoms with van der Waals surface area (Å²) >= 11 is 0. The van der Waals surface area contributed by atoms with Crippen molar-refractivity contribution < 1.29 is 9.90 Å². The fourth-order valence-corrected chi connectivity index (χ4v) is 3.75. The zero-order valence-electron chi connectivity index (χ0n) is 9.11. The van der Waals surface area contributed by atoms with Crippen molar-refractivity contribution in [2.45, 2.75) is 56.6 Å². The molecule has 2 saturated heterocycles. The Hall–Kier alpha value is -0.570. The first-order valence-corrected chi connectivity index (χ1v) is 6.25. The molecule has 1 saturated carbocycles. The van der Waals surface area contributed by atoms with Crippen LogP contribution in [0.3, 0.4) is 0 Å². The van der Waals surface area contributed by atoms with E-state index in [1.54, 1.807) is 0 Å². The average molecular weight is 209 g/mol. The Bertz CT molecular complexity index is 291. The number of nitrogens with zero attached hydrogens (tertiary/aromatic N) is 1. The third-order valence-electron chi connectivity index (χ3n) is 4.60. The molecule has 0 spiro atoms. The van der Waals surface area contributed by atoms with Gasteiger partial charge < -0.3 is 10.0 Å². The Morgan fingerprint density at radius 3 is 3.00 bits per heavy atom. The van der Waals surface area contributed by atoms with E-state index in [1.165, 1.54) is 6.42 Å². The number of carbonyl (C=O) groups excluding carboxylic acids is 1. The third-order valence-corrected chi connectivity index (χ3v) is 4.60. The summed E-state index contributed by atoms with van der Waals surface area (Å²) in [5, 5.41) is 10.5. The van der Waals surface area contributed by atoms with Crippen molar-refractivity contribution in [2.75, 3.05) is 6.54 Å². The van der Waals surface area contributed by atoms with Gasteiger partial charge in [-0.25, -0.2) is 0 Å². The minimum absolute atomic E-state index is 0.0425. The van der Waals surface area contributed by atoms with Crippen LogP contribution in [0.1, 0.15) is 44.9 Å². The van der Waals surface area contributed by atoms with E-state index in [9.17, 15) is 9.90 Å². The van der Waals surface area contributed by atoms with E-state index in [2.05, 4.69) is 0 Å². The number of fused-ring (bicyclic) bond motifs is 2. The molecular formula is C12H19NO2. The van der Waals surface area contributed by atoms with Gasteiger partial charge in [-0.3, -0.25) is 4.79 Å². The second kappa shape index (κ2) is 3.21. The van der Waals surface area contributed by atoms with E-state index in [-0.39, 0.29) is 11.8 Å². The number of rotatable bonds is 0. The zero-order chi connectivity index (χ0) is 10.5. The van der Waals surface area contributed by atoms with Gasteiger partial charge in [0.2, 0.25) is 0 Å². The molecule has 0 bridgehead atoms. The predicted molar refractivity (Wildman–Crippen MR) is 56.3 cm³/mol. The number of carbonyl (C=O) groups is 1. The summed E-state index contributed by atoms with van der Waals surface area (Å²) in [4.78, 5) is 14.2. The van der Waals surface area contributed by atoms with Crippen LogP contribution in [0.15, 0.2) is 0 Å². The molecule has 3 nitrogen and oxygen atoms in total. The van der Waals surface area contributed by atoms with Crippen LogP contribution < -0.4 is 0 Å². The number of aliphatic hydroxyl groups is 1. The average Bonchev–Trinajstić information content (AvgIpc) is 2.68. The Labute approximate surface area is 90.5 Å². The quantitative estimate of drug-likeness (QED) is 0.653. The smallest absolute Gasteiger partial charge is 0.255 e. The molecular weight excluding hydrogens is 190 g/mol. The first kappa shape index (κ1) is 9.64. The number of piperidine rings is 1. The van der Waals surface area contributed by atoms with E-state index < -0.39 is 5.60 Å². The lowest BCUT2D eigenvalue weighted by Gasteiger charge is -2.48. The highest BCUT2D eigenvalue weighted by Gasteiger charge is 2.53. The van der Waals surface area contributed by atoms with Crippen molar-refractivity contribution in [3.8, 4) is 0 Å². The SMILES string of the molecule is O=C1N2CCC[C@H]2C[C@H]2CCCC[C@]12O. The number of hydrogen-bond donors (Lipinski definition) is 1. The Morgan fingerprint density at radius 2 is 2.13 bits per heavy atom. The van der Waals surface area contributed by atoms with Gasteiger partial charge in [0, 0.05) is 12.6 Å². The predicted octanol–water partition coefficient (Wildman–Crippen LogP) is 1.30. The number of amides is 1. The van der Waals surface area contributed by atoms with Gasteiger partial charge in [-0.1, -0.05) is 12.8 Å². The normalized spacial score (nSPS) is 45.1. The highest BCUT2D eigenvalue weighted by molar-refractivity contribution is 5.87. The van der Waals surface area contributed by atoms with Gasteiger partial charge in [0.05, 0.1) is 0 Å². The van der Waals surface area contributed by atoms with Gasteiger partial charge >= 0.3 is 0 Å². The summed E-state index contributed by atoms with van der Waals surface area (Å²) in [6, 6.07) is 0.445. The molecule has 84 valence electrons. The van der Waals surface area contributed by atoms with E-state index in [4.69, 9.17) is 0 Å². The maximum absolute atomic E-state index is 12.2. The van der Waals surface area contributed by atoms with Crippen LogP contribution in [0.4, 0.5) is 0 Å². The fourth-order valence-electron chi connectivity index (χ4n) is 3.75. The summed E-state index contributed by atoms with van der Waals surface area (Å²) in [5.41, 5.74) is -0.987. The first-order chi connectivity index (χ1) is 7.22. The van der Waals surface area contributed by atoms with Crippen LogP contribution in [-0.4, -0.2) is 34.1 Å². The van der Waals surface area contributed by atoms with Gasteiger partial charge in [0.1, 0.15) is 5.60 Å². The maximum Gasteiger partial charge on any atom is 0.255 e. The largest absolute Gasteiger partial charge is 0.380 e. The van der Waals surface area contributed by atoms with Crippen molar-refractivity contribution in [3.63, 3.8) is 0 Å². The molecule has 3 atom stereocenters. The van der Waals surface area contributed by atoms with Gasteiger partial charge in [0.15, 0.2) is 0 Å². The summed E-state index contributed by atoms with van der Waals surface area (Å²) in [6.45, 7) is 0.874. The molecule has 0 aromatic carbocycles. The van der Waals surface area contributed by atoms with E-state index in [0.717, 1.165) is 38.6 Å². The summed E-state index contributed by atoms with van der Waals surface area (Å²) < 4.78 is 0. The molecule has 3 heteroatoms. The Kier molecular flexibility index (Phi) is 2.06. The monoisotopic (exact) mass is 209 g/mol. The fraction of sp³-hybridized carbons (Fsp3) is 0.917. The molecule has 2 heterocycles. The summed E-state index contributed by atoms with van der Waals surface area (Å²) in [5.74, 6) is 0.291. The zero-order valence-corrected chi connectivity index (χ0v) is 9.11. The van der Waals surface area contributed by atoms with Crippen LogP contribution in [0.2, 0.25) is 0 Å². The van der Waals surface area contributed by atoms with Crippen molar-refractivity contribution in [2.24, 2.45) is 5.92 Å². The molecule has 1 N–H and O–H groups in total. The van der Waals surface area contributed by atoms with E-state index >= 15 is 0 Å². The van der Waals surface area contributed by atoms with Crippen molar-refractivity contribution >= 4 is 5.91 Å². The standard InChI is InChI=1S/C12H19NO2/c14-11-12(15)6-2-1-4-9(12)8-10-5-3-7-13(10)11/h9-10,15H,1-8H2/t9-,10+,12-/m1/s1. The second-order valence-electron chi connectivity index (χ2n) is 5.40. The lowest BCUT2D eigenvalue weighted by atomic mass is 9.69. The number of hydrogen-bond acceptors (Lipinski definition) is 2. The Balaban J connectivity index is 1.91.